The van der Waals surface area contributed by atoms with Crippen LogP contribution in [0.5, 0.6) is 0 Å². The van der Waals surface area contributed by atoms with E-state index >= 15 is 0 Å². The topological polar surface area (TPSA) is 69.2 Å². The van der Waals surface area contributed by atoms with Crippen LogP contribution in [0.15, 0.2) is 30.3 Å². The Balaban J connectivity index is 1.41. The van der Waals surface area contributed by atoms with Crippen LogP contribution in [0.3, 0.4) is 0 Å². The predicted molar refractivity (Wildman–Crippen MR) is 136 cm³/mol. The Morgan fingerprint density at radius 1 is 0.735 bits per heavy atom. The molecule has 1 aromatic heterocycles. The molecular weight excluding hydrogens is 430 g/mol. The van der Waals surface area contributed by atoms with Gasteiger partial charge >= 0.3 is 0 Å². The SMILES string of the molecule is CCNc1c(N2CCOCC2)nc(N2CCOCC2)nc1N1CCN(Cc2ccccc2)CC1. The van der Waals surface area contributed by atoms with E-state index in [9.17, 15) is 0 Å². The van der Waals surface area contributed by atoms with E-state index in [0.29, 0.717) is 0 Å². The second kappa shape index (κ2) is 11.2. The van der Waals surface area contributed by atoms with Crippen LogP contribution in [0.1, 0.15) is 12.5 Å². The van der Waals surface area contributed by atoms with Crippen LogP contribution >= 0.6 is 0 Å². The van der Waals surface area contributed by atoms with Crippen molar-refractivity contribution in [2.24, 2.45) is 0 Å². The predicted octanol–water partition coefficient (Wildman–Crippen LogP) is 1.90. The minimum absolute atomic E-state index is 0.721. The number of nitrogens with one attached hydrogen (secondary N) is 1. The fourth-order valence-corrected chi connectivity index (χ4v) is 4.86. The molecule has 34 heavy (non-hydrogen) atoms. The van der Waals surface area contributed by atoms with Crippen LogP contribution < -0.4 is 20.0 Å². The third kappa shape index (κ3) is 5.37. The molecule has 1 aromatic carbocycles. The number of morpholine rings is 2. The number of aromatic nitrogens is 2. The molecule has 3 aliphatic rings. The molecule has 0 unspecified atom stereocenters. The third-order valence-electron chi connectivity index (χ3n) is 6.74. The summed E-state index contributed by atoms with van der Waals surface area (Å²) in [4.78, 5) is 19.8. The Hall–Kier alpha value is -2.62. The number of anilines is 4. The highest BCUT2D eigenvalue weighted by Crippen LogP contribution is 2.36. The normalized spacial score (nSPS) is 20.0. The van der Waals surface area contributed by atoms with E-state index in [2.05, 4.69) is 62.2 Å². The second-order valence-electron chi connectivity index (χ2n) is 9.02. The number of rotatable bonds is 7. The Kier molecular flexibility index (Phi) is 7.62. The highest BCUT2D eigenvalue weighted by molar-refractivity contribution is 5.80. The van der Waals surface area contributed by atoms with Gasteiger partial charge in [-0.05, 0) is 12.5 Å². The first kappa shape index (κ1) is 23.1. The first-order valence-corrected chi connectivity index (χ1v) is 12.6. The van der Waals surface area contributed by atoms with Gasteiger partial charge in [0.1, 0.15) is 5.69 Å². The second-order valence-corrected chi connectivity index (χ2v) is 9.02. The number of hydrogen-bond acceptors (Lipinski definition) is 9. The molecule has 9 heteroatoms. The van der Waals surface area contributed by atoms with E-state index in [1.54, 1.807) is 0 Å². The molecule has 0 atom stereocenters. The molecule has 0 aliphatic carbocycles. The molecule has 0 amide bonds. The molecular formula is C25H37N7O2. The van der Waals surface area contributed by atoms with Gasteiger partial charge in [0.15, 0.2) is 11.6 Å². The minimum atomic E-state index is 0.721. The van der Waals surface area contributed by atoms with Crippen molar-refractivity contribution in [3.8, 4) is 0 Å². The number of benzene rings is 1. The molecule has 4 heterocycles. The summed E-state index contributed by atoms with van der Waals surface area (Å²) < 4.78 is 11.2. The van der Waals surface area contributed by atoms with Crippen molar-refractivity contribution in [3.05, 3.63) is 35.9 Å². The lowest BCUT2D eigenvalue weighted by atomic mass is 10.2. The van der Waals surface area contributed by atoms with Crippen molar-refractivity contribution in [3.63, 3.8) is 0 Å². The lowest BCUT2D eigenvalue weighted by Gasteiger charge is -2.38. The number of hydrogen-bond donors (Lipinski definition) is 1. The number of nitrogens with zero attached hydrogens (tertiary/aromatic N) is 6. The van der Waals surface area contributed by atoms with Crippen LogP contribution in [0.4, 0.5) is 23.3 Å². The van der Waals surface area contributed by atoms with Crippen molar-refractivity contribution >= 4 is 23.3 Å². The molecule has 9 nitrogen and oxygen atoms in total. The monoisotopic (exact) mass is 467 g/mol. The minimum Gasteiger partial charge on any atom is -0.379 e. The molecule has 5 rings (SSSR count). The zero-order valence-corrected chi connectivity index (χ0v) is 20.3. The third-order valence-corrected chi connectivity index (χ3v) is 6.74. The zero-order valence-electron chi connectivity index (χ0n) is 20.3. The summed E-state index contributed by atoms with van der Waals surface area (Å²) in [5, 5.41) is 3.61. The molecule has 2 aromatic rings. The smallest absolute Gasteiger partial charge is 0.229 e. The fourth-order valence-electron chi connectivity index (χ4n) is 4.86. The van der Waals surface area contributed by atoms with E-state index < -0.39 is 0 Å². The lowest BCUT2D eigenvalue weighted by Crippen LogP contribution is -2.47. The lowest BCUT2D eigenvalue weighted by molar-refractivity contribution is 0.121. The van der Waals surface area contributed by atoms with Crippen molar-refractivity contribution in [1.29, 1.82) is 0 Å². The van der Waals surface area contributed by atoms with Gasteiger partial charge in [0.25, 0.3) is 0 Å². The maximum Gasteiger partial charge on any atom is 0.229 e. The van der Waals surface area contributed by atoms with Gasteiger partial charge in [-0.25, -0.2) is 0 Å². The van der Waals surface area contributed by atoms with Crippen LogP contribution in [0, 0.1) is 0 Å². The molecule has 0 radical (unpaired) electrons. The summed E-state index contributed by atoms with van der Waals surface area (Å²) in [6.07, 6.45) is 0. The van der Waals surface area contributed by atoms with Crippen molar-refractivity contribution < 1.29 is 9.47 Å². The van der Waals surface area contributed by atoms with Crippen molar-refractivity contribution in [1.82, 2.24) is 14.9 Å². The summed E-state index contributed by atoms with van der Waals surface area (Å²) in [6.45, 7) is 14.2. The Labute approximate surface area is 202 Å². The summed E-state index contributed by atoms with van der Waals surface area (Å²) in [5.41, 5.74) is 2.42. The van der Waals surface area contributed by atoms with Gasteiger partial charge < -0.3 is 29.5 Å². The zero-order chi connectivity index (χ0) is 23.2. The summed E-state index contributed by atoms with van der Waals surface area (Å²) in [7, 11) is 0. The van der Waals surface area contributed by atoms with Gasteiger partial charge in [-0.3, -0.25) is 4.90 Å². The molecule has 0 bridgehead atoms. The fraction of sp³-hybridized carbons (Fsp3) is 0.600. The Morgan fingerprint density at radius 3 is 1.88 bits per heavy atom. The average molecular weight is 468 g/mol. The van der Waals surface area contributed by atoms with E-state index in [1.807, 2.05) is 0 Å². The van der Waals surface area contributed by atoms with Gasteiger partial charge in [0.2, 0.25) is 5.95 Å². The number of ether oxygens (including phenoxy) is 2. The molecule has 184 valence electrons. The highest BCUT2D eigenvalue weighted by Gasteiger charge is 2.28. The number of piperazine rings is 1. The standard InChI is InChI=1S/C25H37N7O2/c1-2-26-22-23(30-10-8-29(9-11-30)20-21-6-4-3-5-7-21)27-25(32-14-18-34-19-15-32)28-24(22)31-12-16-33-17-13-31/h3-7,26H,2,8-20H2,1H3. The molecule has 3 aliphatic heterocycles. The van der Waals surface area contributed by atoms with Crippen LogP contribution in [-0.4, -0.2) is 100 Å². The highest BCUT2D eigenvalue weighted by atomic mass is 16.5. The van der Waals surface area contributed by atoms with Crippen LogP contribution in [0.2, 0.25) is 0 Å². The van der Waals surface area contributed by atoms with Crippen molar-refractivity contribution in [2.75, 3.05) is 105 Å². The summed E-state index contributed by atoms with van der Waals surface area (Å²) in [6, 6.07) is 10.7. The molecule has 1 N–H and O–H groups in total. The first-order valence-electron chi connectivity index (χ1n) is 12.6. The molecule has 3 saturated heterocycles. The van der Waals surface area contributed by atoms with Gasteiger partial charge in [0.05, 0.1) is 26.4 Å². The van der Waals surface area contributed by atoms with E-state index in [4.69, 9.17) is 19.4 Å². The maximum absolute atomic E-state index is 5.63. The Morgan fingerprint density at radius 2 is 1.29 bits per heavy atom. The van der Waals surface area contributed by atoms with Gasteiger partial charge in [0, 0.05) is 65.4 Å². The molecule has 0 saturated carbocycles. The molecule has 0 spiro atoms. The largest absolute Gasteiger partial charge is 0.379 e. The van der Waals surface area contributed by atoms with E-state index in [-0.39, 0.29) is 0 Å². The molecule has 3 fully saturated rings. The maximum atomic E-state index is 5.63. The van der Waals surface area contributed by atoms with Crippen LogP contribution in [0.25, 0.3) is 0 Å². The van der Waals surface area contributed by atoms with Gasteiger partial charge in [-0.15, -0.1) is 0 Å². The van der Waals surface area contributed by atoms with E-state index in [0.717, 1.165) is 115 Å². The van der Waals surface area contributed by atoms with E-state index in [1.165, 1.54) is 5.56 Å². The van der Waals surface area contributed by atoms with Crippen molar-refractivity contribution in [2.45, 2.75) is 13.5 Å². The summed E-state index contributed by atoms with van der Waals surface area (Å²) in [5.74, 6) is 2.84. The van der Waals surface area contributed by atoms with Crippen LogP contribution in [-0.2, 0) is 16.0 Å². The van der Waals surface area contributed by atoms with Gasteiger partial charge in [-0.1, -0.05) is 30.3 Å². The Bertz CT molecular complexity index is 909. The quantitative estimate of drug-likeness (QED) is 0.658. The van der Waals surface area contributed by atoms with Gasteiger partial charge in [-0.2, -0.15) is 9.97 Å². The first-order chi connectivity index (χ1) is 16.8. The summed E-state index contributed by atoms with van der Waals surface area (Å²) >= 11 is 0. The average Bonchev–Trinajstić information content (AvgIpc) is 2.91.